The third-order valence-electron chi connectivity index (χ3n) is 2.59. The first-order valence-corrected chi connectivity index (χ1v) is 17.7. The Labute approximate surface area is 477 Å². The Balaban J connectivity index is 3.27. The second kappa shape index (κ2) is 85.0. The summed E-state index contributed by atoms with van der Waals surface area (Å²) in [5, 5.41) is 301. The van der Waals surface area contributed by atoms with Gasteiger partial charge >= 0.3 is 16.4 Å². The molecule has 0 aromatic heterocycles. The molecule has 0 aliphatic rings. The van der Waals surface area contributed by atoms with E-state index in [4.69, 9.17) is 13.1 Å². The van der Waals surface area contributed by atoms with Crippen LogP contribution in [0.4, 0.5) is 0 Å². The summed E-state index contributed by atoms with van der Waals surface area (Å²) in [5.41, 5.74) is 0. The van der Waals surface area contributed by atoms with E-state index in [1.807, 2.05) is 0 Å². The number of hydrogen-bond donors (Lipinski definition) is 2. The fourth-order valence-corrected chi connectivity index (χ4v) is 1.40. The molecule has 2 N–H and O–H groups in total. The SMILES string of the molecule is [3H]P(=O)(OOOOOOOOOOOOOOOOOOOOOO)OOOOOOOOOOOOOOOOOOOOOOP([3H])(=O)OOOOOOOOOOOOOOOOOOOOOOOOOOOOOOOOOOOOOOOOOOOOO. The maximum atomic E-state index is 11.4. The Morgan fingerprint density at radius 1 is 0.129 bits per heavy atom. The predicted octanol–water partition coefficient (Wildman–Crippen LogP) is -4.98. The minimum Gasteiger partial charge on any atom is -0.258 e. The van der Waals surface area contributed by atoms with Crippen LogP contribution in [0.2, 0.25) is 0 Å². The van der Waals surface area contributed by atoms with E-state index in [1.54, 1.807) is 0 Å². The van der Waals surface area contributed by atoms with Crippen molar-refractivity contribution in [1.29, 1.82) is 2.56 Å². The van der Waals surface area contributed by atoms with Gasteiger partial charge in [0.1, 0.15) is 0 Å². The lowest BCUT2D eigenvalue weighted by Gasteiger charge is -2.01. The third kappa shape index (κ3) is 84.9. The van der Waals surface area contributed by atoms with Crippen LogP contribution in [0.3, 0.4) is 0 Å². The molecule has 0 heterocycles. The summed E-state index contributed by atoms with van der Waals surface area (Å²) in [7, 11) is -10.3. The van der Waals surface area contributed by atoms with Crippen LogP contribution in [0.5, 0.6) is 0 Å². The average molecular weight is 1530 g/mol. The highest BCUT2D eigenvalue weighted by molar-refractivity contribution is 7.33. The minimum absolute atomic E-state index is 2.87. The molecular weight excluding hydrogens is 1520 g/mol. The Kier molecular flexibility index (Phi) is 78.6. The maximum Gasteiger partial charge on any atom is 0.380 e. The van der Waals surface area contributed by atoms with E-state index < -0.39 is 16.4 Å². The van der Waals surface area contributed by atoms with E-state index in [0.717, 1.165) is 0 Å². The zero-order chi connectivity index (χ0) is 68.5. The quantitative estimate of drug-likeness (QED) is 0.0249. The molecule has 560 valence electrons. The fraction of sp³-hybridized carbons (Fsp3) is 0. The van der Waals surface area contributed by atoms with Crippen molar-refractivity contribution in [1.82, 2.24) is 0 Å². The molecular formula is H4O91P2. The Morgan fingerprint density at radius 3 is 0.269 bits per heavy atom. The van der Waals surface area contributed by atoms with Crippen LogP contribution in [0.25, 0.3) is 0 Å². The molecule has 2 unspecified atom stereocenters. The molecule has 0 spiro atoms. The summed E-state index contributed by atoms with van der Waals surface area (Å²) < 4.78 is 51.1. The van der Waals surface area contributed by atoms with Gasteiger partial charge in [-0.3, -0.25) is 9.13 Å². The van der Waals surface area contributed by atoms with E-state index >= 15 is 0 Å². The smallest absolute Gasteiger partial charge is 0.258 e. The van der Waals surface area contributed by atoms with E-state index in [-0.39, 0.29) is 0 Å². The molecule has 2 atom stereocenters. The van der Waals surface area contributed by atoms with Crippen molar-refractivity contribution >= 4 is 16.4 Å². The van der Waals surface area contributed by atoms with Crippen LogP contribution in [0.1, 0.15) is 0 Å². The van der Waals surface area contributed by atoms with Crippen molar-refractivity contribution in [2.24, 2.45) is 0 Å². The summed E-state index contributed by atoms with van der Waals surface area (Å²) in [4.78, 5) is 0. The first-order chi connectivity index (χ1) is 46.8. The molecule has 0 radical (unpaired) electrons. The molecule has 0 saturated carbocycles. The van der Waals surface area contributed by atoms with Crippen LogP contribution >= 0.6 is 16.4 Å². The molecule has 91 nitrogen and oxygen atoms in total. The summed E-state index contributed by atoms with van der Waals surface area (Å²) in [6.07, 6.45) is 0. The van der Waals surface area contributed by atoms with Crippen LogP contribution in [-0.4, -0.2) is 13.1 Å². The number of rotatable bonds is 88. The topological polar surface area (TPSA) is 878 Å². The van der Waals surface area contributed by atoms with Crippen molar-refractivity contribution in [3.05, 3.63) is 0 Å². The predicted molar refractivity (Wildman–Crippen MR) is 118 cm³/mol. The molecule has 0 aliphatic carbocycles. The highest BCUT2D eigenvalue weighted by atomic mass is 31.1. The fourth-order valence-electron chi connectivity index (χ4n) is 1.05. The minimum atomic E-state index is -5.17. The molecule has 93 heteroatoms. The lowest BCUT2D eigenvalue weighted by atomic mass is 14.0. The van der Waals surface area contributed by atoms with Gasteiger partial charge in [-0.1, -0.05) is 0 Å². The summed E-state index contributed by atoms with van der Waals surface area (Å²) in [6.45, 7) is 0. The molecule has 0 amide bonds. The summed E-state index contributed by atoms with van der Waals surface area (Å²) >= 11 is 0. The van der Waals surface area contributed by atoms with Gasteiger partial charge in [-0.25, -0.2) is 10.5 Å². The van der Waals surface area contributed by atoms with E-state index in [2.05, 4.69) is 437 Å². The Morgan fingerprint density at radius 2 is 0.194 bits per heavy atom. The molecule has 0 bridgehead atoms. The Hall–Kier alpha value is -3.10. The van der Waals surface area contributed by atoms with Gasteiger partial charge < -0.3 is 0 Å². The molecule has 93 heavy (non-hydrogen) atoms. The monoisotopic (exact) mass is 1530 g/mol. The van der Waals surface area contributed by atoms with Crippen molar-refractivity contribution in [2.75, 3.05) is 0 Å². The molecule has 0 rings (SSSR count). The van der Waals surface area contributed by atoms with Crippen molar-refractivity contribution < 1.29 is 457 Å². The largest absolute Gasteiger partial charge is 0.380 e. The van der Waals surface area contributed by atoms with Crippen LogP contribution < -0.4 is 0 Å². The molecule has 0 fully saturated rings. The Bertz CT molecular complexity index is 1460. The standard InChI is InChI=1S/H4O91P2/c1-5-7-9-11-13-15-17-19-21-23-25-27-28-29-30-31-32-33-34-35-36-37-38-39-40-41-42-43-44-45-46-47-48-49-53-57-61-65-69-73-77-81-85-89-93(4)91-87-83-79-75-71-67-63-59-55-51-50-54-58-62-66-70-74-78-82-86-90-92(3)88-84-80-76-72-68-64-60-56-52-26-24-22-20-18-16-14-12-10-8-6-2/h1-2,92-93H/i92T,93T. The maximum absolute atomic E-state index is 11.4. The normalized spacial score (nSPS) is 13.5. The van der Waals surface area contributed by atoms with Gasteiger partial charge in [-0.15, -0.1) is 18.7 Å². The van der Waals surface area contributed by atoms with Gasteiger partial charge in [0.25, 0.3) is 0 Å². The lowest BCUT2D eigenvalue weighted by Crippen LogP contribution is -2.06. The highest BCUT2D eigenvalue weighted by Crippen LogP contribution is 2.25. The van der Waals surface area contributed by atoms with Gasteiger partial charge in [0.2, 0.25) is 0 Å². The molecule has 0 saturated heterocycles. The highest BCUT2D eigenvalue weighted by Gasteiger charge is 2.11. The number of hydrogen-bond acceptors (Lipinski definition) is 91. The summed E-state index contributed by atoms with van der Waals surface area (Å²) in [6, 6.07) is 0. The second-order valence-electron chi connectivity index (χ2n) is 6.41. The van der Waals surface area contributed by atoms with E-state index in [0.29, 0.717) is 0 Å². The first kappa shape index (κ1) is 86.0. The molecule has 0 aliphatic heterocycles. The summed E-state index contributed by atoms with van der Waals surface area (Å²) in [5.74, 6) is 0. The van der Waals surface area contributed by atoms with Gasteiger partial charge in [0.05, 0.1) is 0 Å². The zero-order valence-electron chi connectivity index (χ0n) is 40.1. The zero-order valence-corrected chi connectivity index (χ0v) is 39.9. The average Bonchev–Trinajstić information content (AvgIpc) is 3.74. The van der Waals surface area contributed by atoms with Gasteiger partial charge in [0, 0.05) is 176 Å². The van der Waals surface area contributed by atoms with E-state index in [1.165, 1.54) is 0 Å². The molecule has 0 aromatic carbocycles. The third-order valence-corrected chi connectivity index (χ3v) is 3.32. The van der Waals surface area contributed by atoms with Crippen LogP contribution in [0.15, 0.2) is 0 Å². The van der Waals surface area contributed by atoms with Crippen LogP contribution in [0, 0.1) is 0 Å². The molecule has 0 aromatic rings. The van der Waals surface area contributed by atoms with Crippen LogP contribution in [-0.2, 0) is 446 Å². The van der Waals surface area contributed by atoms with E-state index in [9.17, 15) is 9.13 Å². The first-order valence-electron chi connectivity index (χ1n) is 16.4. The lowest BCUT2D eigenvalue weighted by molar-refractivity contribution is -0.909. The van der Waals surface area contributed by atoms with Crippen molar-refractivity contribution in [3.8, 4) is 0 Å². The van der Waals surface area contributed by atoms with Crippen molar-refractivity contribution in [2.45, 2.75) is 0 Å². The van der Waals surface area contributed by atoms with Gasteiger partial charge in [0.15, 0.2) is 2.56 Å². The van der Waals surface area contributed by atoms with Crippen molar-refractivity contribution in [3.63, 3.8) is 0 Å². The second-order valence-corrected chi connectivity index (χ2v) is 7.90. The van der Waals surface area contributed by atoms with Gasteiger partial charge in [-0.05, 0) is 242 Å². The van der Waals surface area contributed by atoms with Gasteiger partial charge in [-0.2, -0.15) is 0 Å².